The van der Waals surface area contributed by atoms with Crippen molar-refractivity contribution in [1.82, 2.24) is 24.9 Å². The molecule has 0 fully saturated rings. The molecule has 0 atom stereocenters. The third kappa shape index (κ3) is 4.63. The predicted molar refractivity (Wildman–Crippen MR) is 111 cm³/mol. The highest BCUT2D eigenvalue weighted by atomic mass is 79.9. The van der Waals surface area contributed by atoms with E-state index >= 15 is 0 Å². The maximum Gasteiger partial charge on any atom is 0.172 e. The predicted octanol–water partition coefficient (Wildman–Crippen LogP) is 3.88. The van der Waals surface area contributed by atoms with Crippen LogP contribution in [0.5, 0.6) is 0 Å². The number of aryl methyl sites for hydroxylation is 2. The van der Waals surface area contributed by atoms with Crippen LogP contribution in [0.4, 0.5) is 5.82 Å². The van der Waals surface area contributed by atoms with Crippen LogP contribution in [-0.4, -0.2) is 24.7 Å². The molecule has 26 heavy (non-hydrogen) atoms. The number of rotatable bonds is 5. The first-order valence-corrected chi connectivity index (χ1v) is 9.50. The van der Waals surface area contributed by atoms with Crippen LogP contribution in [0.3, 0.4) is 0 Å². The topological polar surface area (TPSA) is 59.7 Å². The van der Waals surface area contributed by atoms with E-state index in [4.69, 9.17) is 23.8 Å². The third-order valence-electron chi connectivity index (χ3n) is 3.79. The van der Waals surface area contributed by atoms with Crippen molar-refractivity contribution >= 4 is 50.7 Å². The zero-order valence-corrected chi connectivity index (χ0v) is 17.5. The van der Waals surface area contributed by atoms with Crippen molar-refractivity contribution in [3.63, 3.8) is 0 Å². The molecule has 0 saturated carbocycles. The average Bonchev–Trinajstić information content (AvgIpc) is 3.09. The lowest BCUT2D eigenvalue weighted by Crippen LogP contribution is -2.28. The van der Waals surface area contributed by atoms with Gasteiger partial charge in [-0.2, -0.15) is 10.2 Å². The molecule has 1 aromatic carbocycles. The second-order valence-electron chi connectivity index (χ2n) is 5.84. The summed E-state index contributed by atoms with van der Waals surface area (Å²) < 4.78 is 4.42. The molecule has 0 bridgehead atoms. The SMILES string of the molecule is Cc1nn(C)cc1CNC(=S)Nc1nn(Cc2ccccc2Cl)cc1Br. The molecule has 2 aromatic heterocycles. The van der Waals surface area contributed by atoms with Crippen LogP contribution < -0.4 is 10.6 Å². The largest absolute Gasteiger partial charge is 0.358 e. The van der Waals surface area contributed by atoms with Crippen LogP contribution in [0.25, 0.3) is 0 Å². The lowest BCUT2D eigenvalue weighted by molar-refractivity contribution is 0.689. The van der Waals surface area contributed by atoms with Crippen molar-refractivity contribution in [2.24, 2.45) is 7.05 Å². The van der Waals surface area contributed by atoms with Gasteiger partial charge in [0.1, 0.15) is 0 Å². The van der Waals surface area contributed by atoms with Gasteiger partial charge in [0.15, 0.2) is 10.9 Å². The fourth-order valence-corrected chi connectivity index (χ4v) is 3.29. The zero-order valence-electron chi connectivity index (χ0n) is 14.3. The lowest BCUT2D eigenvalue weighted by atomic mass is 10.2. The Hall–Kier alpha value is -1.90. The van der Waals surface area contributed by atoms with Gasteiger partial charge in [-0.25, -0.2) is 0 Å². The number of anilines is 1. The molecule has 0 saturated heterocycles. The number of halogens is 2. The number of nitrogens with one attached hydrogen (secondary N) is 2. The third-order valence-corrected chi connectivity index (χ3v) is 4.99. The van der Waals surface area contributed by atoms with Gasteiger partial charge in [0, 0.05) is 36.6 Å². The normalized spacial score (nSPS) is 10.8. The summed E-state index contributed by atoms with van der Waals surface area (Å²) in [5.41, 5.74) is 3.08. The van der Waals surface area contributed by atoms with Crippen LogP contribution in [-0.2, 0) is 20.1 Å². The maximum absolute atomic E-state index is 6.21. The van der Waals surface area contributed by atoms with E-state index in [2.05, 4.69) is 36.8 Å². The van der Waals surface area contributed by atoms with Crippen LogP contribution in [0, 0.1) is 6.92 Å². The summed E-state index contributed by atoms with van der Waals surface area (Å²) in [6, 6.07) is 7.71. The molecule has 2 heterocycles. The first kappa shape index (κ1) is 18.9. The first-order valence-electron chi connectivity index (χ1n) is 7.92. The summed E-state index contributed by atoms with van der Waals surface area (Å²) >= 11 is 15.1. The van der Waals surface area contributed by atoms with Gasteiger partial charge in [-0.05, 0) is 46.7 Å². The monoisotopic (exact) mass is 452 g/mol. The van der Waals surface area contributed by atoms with Crippen LogP contribution in [0.2, 0.25) is 5.02 Å². The molecule has 9 heteroatoms. The Balaban J connectivity index is 1.61. The van der Waals surface area contributed by atoms with E-state index in [0.717, 1.165) is 26.3 Å². The number of benzene rings is 1. The van der Waals surface area contributed by atoms with Crippen molar-refractivity contribution < 1.29 is 0 Å². The van der Waals surface area contributed by atoms with Gasteiger partial charge < -0.3 is 10.6 Å². The number of thiocarbonyl (C=S) groups is 1. The minimum Gasteiger partial charge on any atom is -0.358 e. The summed E-state index contributed by atoms with van der Waals surface area (Å²) in [6.45, 7) is 3.15. The van der Waals surface area contributed by atoms with E-state index in [-0.39, 0.29) is 0 Å². The van der Waals surface area contributed by atoms with Gasteiger partial charge in [-0.3, -0.25) is 9.36 Å². The Kier molecular flexibility index (Phi) is 5.95. The molecule has 3 rings (SSSR count). The van der Waals surface area contributed by atoms with Crippen molar-refractivity contribution in [3.8, 4) is 0 Å². The zero-order chi connectivity index (χ0) is 18.7. The quantitative estimate of drug-likeness (QED) is 0.574. The van der Waals surface area contributed by atoms with Gasteiger partial charge in [-0.15, -0.1) is 0 Å². The Morgan fingerprint density at radius 3 is 2.69 bits per heavy atom. The van der Waals surface area contributed by atoms with Gasteiger partial charge in [0.2, 0.25) is 0 Å². The fourth-order valence-electron chi connectivity index (χ4n) is 2.51. The van der Waals surface area contributed by atoms with Gasteiger partial charge in [0.25, 0.3) is 0 Å². The molecule has 2 N–H and O–H groups in total. The molecule has 0 amide bonds. The summed E-state index contributed by atoms with van der Waals surface area (Å²) in [5, 5.41) is 16.3. The highest BCUT2D eigenvalue weighted by Crippen LogP contribution is 2.22. The fraction of sp³-hybridized carbons (Fsp3) is 0.235. The Bertz CT molecular complexity index is 935. The van der Waals surface area contributed by atoms with E-state index < -0.39 is 0 Å². The second-order valence-corrected chi connectivity index (χ2v) is 7.51. The second kappa shape index (κ2) is 8.20. The maximum atomic E-state index is 6.21. The average molecular weight is 454 g/mol. The molecule has 0 aliphatic heterocycles. The van der Waals surface area contributed by atoms with Crippen LogP contribution in [0.15, 0.2) is 41.1 Å². The summed E-state index contributed by atoms with van der Waals surface area (Å²) in [7, 11) is 1.90. The minimum absolute atomic E-state index is 0.497. The van der Waals surface area contributed by atoms with Crippen molar-refractivity contribution in [2.75, 3.05) is 5.32 Å². The summed E-state index contributed by atoms with van der Waals surface area (Å²) in [4.78, 5) is 0. The number of hydrogen-bond donors (Lipinski definition) is 2. The molecular formula is C17H18BrClN6S. The smallest absolute Gasteiger partial charge is 0.172 e. The molecular weight excluding hydrogens is 436 g/mol. The molecule has 136 valence electrons. The molecule has 0 unspecified atom stereocenters. The Morgan fingerprint density at radius 1 is 1.23 bits per heavy atom. The Morgan fingerprint density at radius 2 is 2.00 bits per heavy atom. The van der Waals surface area contributed by atoms with Crippen LogP contribution >= 0.6 is 39.7 Å². The lowest BCUT2D eigenvalue weighted by Gasteiger charge is -2.08. The highest BCUT2D eigenvalue weighted by Gasteiger charge is 2.10. The number of aromatic nitrogens is 4. The van der Waals surface area contributed by atoms with E-state index in [0.29, 0.717) is 24.0 Å². The molecule has 0 aliphatic rings. The molecule has 0 radical (unpaired) electrons. The molecule has 3 aromatic rings. The minimum atomic E-state index is 0.497. The van der Waals surface area contributed by atoms with Crippen molar-refractivity contribution in [3.05, 3.63) is 63.0 Å². The van der Waals surface area contributed by atoms with Crippen LogP contribution in [0.1, 0.15) is 16.8 Å². The van der Waals surface area contributed by atoms with Gasteiger partial charge in [-0.1, -0.05) is 29.8 Å². The summed E-state index contributed by atoms with van der Waals surface area (Å²) in [6.07, 6.45) is 3.86. The van der Waals surface area contributed by atoms with Crippen molar-refractivity contribution in [2.45, 2.75) is 20.0 Å². The standard InChI is InChI=1S/C17H18BrClN6S/c1-11-13(8-24(2)22-11)7-20-17(26)21-16-14(18)10-25(23-16)9-12-5-3-4-6-15(12)19/h3-6,8,10H,7,9H2,1-2H3,(H2,20,21,23,26). The number of nitrogens with zero attached hydrogens (tertiary/aromatic N) is 4. The van der Waals surface area contributed by atoms with Gasteiger partial charge >= 0.3 is 0 Å². The van der Waals surface area contributed by atoms with E-state index in [1.165, 1.54) is 0 Å². The molecule has 0 spiro atoms. The van der Waals surface area contributed by atoms with Crippen molar-refractivity contribution in [1.29, 1.82) is 0 Å². The summed E-state index contributed by atoms with van der Waals surface area (Å²) in [5.74, 6) is 0.650. The first-order chi connectivity index (χ1) is 12.4. The van der Waals surface area contributed by atoms with E-state index in [1.807, 2.05) is 55.3 Å². The van der Waals surface area contributed by atoms with E-state index in [9.17, 15) is 0 Å². The van der Waals surface area contributed by atoms with E-state index in [1.54, 1.807) is 4.68 Å². The Labute approximate surface area is 170 Å². The molecule has 0 aliphatic carbocycles. The van der Waals surface area contributed by atoms with Gasteiger partial charge in [0.05, 0.1) is 16.7 Å². The molecule has 6 nitrogen and oxygen atoms in total. The number of hydrogen-bond acceptors (Lipinski definition) is 3. The highest BCUT2D eigenvalue weighted by molar-refractivity contribution is 9.10.